The van der Waals surface area contributed by atoms with Crippen LogP contribution in [0.25, 0.3) is 0 Å². The molecule has 0 radical (unpaired) electrons. The number of nitrogens with zero attached hydrogens (tertiary/aromatic N) is 1. The van der Waals surface area contributed by atoms with Crippen molar-refractivity contribution in [2.24, 2.45) is 0 Å². The van der Waals surface area contributed by atoms with Gasteiger partial charge in [0.15, 0.2) is 12.7 Å². The zero-order valence-electron chi connectivity index (χ0n) is 7.81. The van der Waals surface area contributed by atoms with E-state index in [4.69, 9.17) is 0 Å². The van der Waals surface area contributed by atoms with Crippen LogP contribution < -0.4 is 4.68 Å². The average Bonchev–Trinajstić information content (AvgIpc) is 2.32. The van der Waals surface area contributed by atoms with Gasteiger partial charge in [-0.15, -0.1) is 4.68 Å². The van der Waals surface area contributed by atoms with E-state index in [0.717, 1.165) is 6.54 Å². The van der Waals surface area contributed by atoms with E-state index >= 15 is 0 Å². The number of rotatable bonds is 1. The molecule has 0 aliphatic rings. The molecule has 1 N–H and O–H groups in total. The predicted octanol–water partition coefficient (Wildman–Crippen LogP) is 1.62. The quantitative estimate of drug-likeness (QED) is 0.591. The van der Waals surface area contributed by atoms with Crippen molar-refractivity contribution in [3.63, 3.8) is 0 Å². The van der Waals surface area contributed by atoms with Gasteiger partial charge in [-0.1, -0.05) is 20.8 Å². The predicted molar refractivity (Wildman–Crippen MR) is 45.4 cm³/mol. The summed E-state index contributed by atoms with van der Waals surface area (Å²) in [7, 11) is 0. The summed E-state index contributed by atoms with van der Waals surface area (Å²) >= 11 is 0. The molecule has 0 aromatic carbocycles. The lowest BCUT2D eigenvalue weighted by molar-refractivity contribution is -0.747. The van der Waals surface area contributed by atoms with Crippen LogP contribution in [0.2, 0.25) is 0 Å². The summed E-state index contributed by atoms with van der Waals surface area (Å²) in [4.78, 5) is 0. The minimum atomic E-state index is 0.261. The number of aryl methyl sites for hydroxylation is 1. The van der Waals surface area contributed by atoms with E-state index in [-0.39, 0.29) is 5.41 Å². The summed E-state index contributed by atoms with van der Waals surface area (Å²) in [6.07, 6.45) is 4.24. The van der Waals surface area contributed by atoms with Gasteiger partial charge in [0.1, 0.15) is 0 Å². The minimum absolute atomic E-state index is 0.261. The Balaban J connectivity index is 2.89. The second-order valence-electron chi connectivity index (χ2n) is 3.89. The Morgan fingerprint density at radius 3 is 2.36 bits per heavy atom. The van der Waals surface area contributed by atoms with Gasteiger partial charge in [0, 0.05) is 5.56 Å². The molecule has 0 atom stereocenters. The lowest BCUT2D eigenvalue weighted by Crippen LogP contribution is -2.33. The number of H-pyrrole nitrogens is 1. The molecule has 0 fully saturated rings. The minimum Gasteiger partial charge on any atom is -0.173 e. The first-order chi connectivity index (χ1) is 5.04. The zero-order valence-corrected chi connectivity index (χ0v) is 7.81. The lowest BCUT2D eigenvalue weighted by atomic mass is 9.90. The molecule has 0 amide bonds. The third kappa shape index (κ3) is 1.82. The first-order valence-corrected chi connectivity index (χ1v) is 4.12. The van der Waals surface area contributed by atoms with Crippen molar-refractivity contribution in [3.05, 3.63) is 18.0 Å². The maximum absolute atomic E-state index is 3.18. The Hall–Kier alpha value is -0.790. The summed E-state index contributed by atoms with van der Waals surface area (Å²) in [5.74, 6) is 0. The van der Waals surface area contributed by atoms with Crippen molar-refractivity contribution in [2.45, 2.75) is 39.7 Å². The normalized spacial score (nSPS) is 12.0. The lowest BCUT2D eigenvalue weighted by Gasteiger charge is -2.12. The summed E-state index contributed by atoms with van der Waals surface area (Å²) in [5, 5.41) is 3.18. The van der Waals surface area contributed by atoms with E-state index in [0.29, 0.717) is 0 Å². The monoisotopic (exact) mass is 153 g/mol. The average molecular weight is 153 g/mol. The van der Waals surface area contributed by atoms with Gasteiger partial charge in [0.2, 0.25) is 0 Å². The van der Waals surface area contributed by atoms with Crippen LogP contribution in [0.5, 0.6) is 0 Å². The van der Waals surface area contributed by atoms with Crippen LogP contribution in [0.4, 0.5) is 0 Å². The molecule has 1 heterocycles. The maximum atomic E-state index is 3.18. The van der Waals surface area contributed by atoms with Gasteiger partial charge >= 0.3 is 0 Å². The van der Waals surface area contributed by atoms with Gasteiger partial charge in [-0.25, -0.2) is 0 Å². The van der Waals surface area contributed by atoms with Crippen molar-refractivity contribution in [1.29, 1.82) is 0 Å². The number of nitrogens with one attached hydrogen (secondary N) is 1. The van der Waals surface area contributed by atoms with Gasteiger partial charge < -0.3 is 0 Å². The van der Waals surface area contributed by atoms with E-state index in [1.165, 1.54) is 5.56 Å². The van der Waals surface area contributed by atoms with Crippen LogP contribution in [0.15, 0.2) is 12.4 Å². The first-order valence-electron chi connectivity index (χ1n) is 4.12. The molecule has 0 aliphatic carbocycles. The Bertz CT molecular complexity index is 230. The van der Waals surface area contributed by atoms with E-state index in [1.54, 1.807) is 0 Å². The van der Waals surface area contributed by atoms with E-state index < -0.39 is 0 Å². The van der Waals surface area contributed by atoms with Gasteiger partial charge in [0.05, 0.1) is 6.20 Å². The maximum Gasteiger partial charge on any atom is 0.199 e. The highest BCUT2D eigenvalue weighted by Gasteiger charge is 2.18. The molecule has 0 unspecified atom stereocenters. The number of aromatic nitrogens is 2. The molecule has 1 aromatic heterocycles. The highest BCUT2D eigenvalue weighted by Crippen LogP contribution is 2.19. The second-order valence-corrected chi connectivity index (χ2v) is 3.89. The Labute approximate surface area is 68.2 Å². The fourth-order valence-electron chi connectivity index (χ4n) is 0.988. The Kier molecular flexibility index (Phi) is 2.03. The van der Waals surface area contributed by atoms with Crippen molar-refractivity contribution < 1.29 is 4.68 Å². The summed E-state index contributed by atoms with van der Waals surface area (Å²) < 4.78 is 2.08. The van der Waals surface area contributed by atoms with Gasteiger partial charge in [-0.05, 0) is 12.3 Å². The molecule has 62 valence electrons. The number of aromatic amines is 1. The first kappa shape index (κ1) is 8.31. The molecule has 2 nitrogen and oxygen atoms in total. The third-order valence-electron chi connectivity index (χ3n) is 1.89. The van der Waals surface area contributed by atoms with Crippen molar-refractivity contribution in [3.8, 4) is 0 Å². The van der Waals surface area contributed by atoms with Gasteiger partial charge in [0.25, 0.3) is 0 Å². The topological polar surface area (TPSA) is 19.7 Å². The molecule has 0 aliphatic heterocycles. The van der Waals surface area contributed by atoms with Crippen LogP contribution >= 0.6 is 0 Å². The van der Waals surface area contributed by atoms with E-state index in [9.17, 15) is 0 Å². The third-order valence-corrected chi connectivity index (χ3v) is 1.89. The molecule has 1 aromatic rings. The Morgan fingerprint density at radius 2 is 2.09 bits per heavy atom. The van der Waals surface area contributed by atoms with Crippen LogP contribution in [0, 0.1) is 0 Å². The largest absolute Gasteiger partial charge is 0.199 e. The van der Waals surface area contributed by atoms with Crippen LogP contribution in [0.1, 0.15) is 33.3 Å². The fraction of sp³-hybridized carbons (Fsp3) is 0.667. The van der Waals surface area contributed by atoms with Gasteiger partial charge in [-0.3, -0.25) is 0 Å². The molecule has 2 heteroatoms. The van der Waals surface area contributed by atoms with Crippen molar-refractivity contribution >= 4 is 0 Å². The molecular weight excluding hydrogens is 136 g/mol. The summed E-state index contributed by atoms with van der Waals surface area (Å²) in [5.41, 5.74) is 1.62. The summed E-state index contributed by atoms with van der Waals surface area (Å²) in [6.45, 7) is 9.79. The van der Waals surface area contributed by atoms with Gasteiger partial charge in [-0.2, -0.15) is 5.10 Å². The highest BCUT2D eigenvalue weighted by molar-refractivity contribution is 5.11. The molecular formula is C9H17N2+. The standard InChI is InChI=1S/C9H16N2/c1-5-11-7-8(6-10-11)9(2,3)4/h6-7H,5H2,1-4H3/p+1. The fourth-order valence-corrected chi connectivity index (χ4v) is 0.988. The van der Waals surface area contributed by atoms with E-state index in [1.807, 2.05) is 0 Å². The van der Waals surface area contributed by atoms with Crippen LogP contribution in [-0.2, 0) is 12.0 Å². The van der Waals surface area contributed by atoms with Crippen LogP contribution in [0.3, 0.4) is 0 Å². The zero-order chi connectivity index (χ0) is 8.48. The molecule has 0 spiro atoms. The molecule has 0 saturated carbocycles. The number of hydrogen-bond acceptors (Lipinski definition) is 0. The number of hydrogen-bond donors (Lipinski definition) is 1. The molecule has 0 saturated heterocycles. The van der Waals surface area contributed by atoms with Crippen molar-refractivity contribution in [2.75, 3.05) is 0 Å². The molecule has 1 rings (SSSR count). The Morgan fingerprint density at radius 1 is 1.45 bits per heavy atom. The smallest absolute Gasteiger partial charge is 0.173 e. The molecule has 0 bridgehead atoms. The van der Waals surface area contributed by atoms with Crippen molar-refractivity contribution in [1.82, 2.24) is 5.10 Å². The second kappa shape index (κ2) is 2.68. The SMILES string of the molecule is CC[n+]1cc(C(C)(C)C)c[nH]1. The van der Waals surface area contributed by atoms with Crippen LogP contribution in [-0.4, -0.2) is 5.10 Å². The highest BCUT2D eigenvalue weighted by atomic mass is 15.3. The summed E-state index contributed by atoms with van der Waals surface area (Å²) in [6, 6.07) is 0. The molecule has 11 heavy (non-hydrogen) atoms. The van der Waals surface area contributed by atoms with E-state index in [2.05, 4.69) is 49.9 Å².